The molecule has 0 saturated heterocycles. The van der Waals surface area contributed by atoms with E-state index in [1.54, 1.807) is 0 Å². The number of rotatable bonds is 1. The molecule has 0 spiro atoms. The van der Waals surface area contributed by atoms with Crippen molar-refractivity contribution < 1.29 is 0 Å². The van der Waals surface area contributed by atoms with Crippen LogP contribution in [0.4, 0.5) is 0 Å². The fourth-order valence-electron chi connectivity index (χ4n) is 4.24. The summed E-state index contributed by atoms with van der Waals surface area (Å²) in [5.41, 5.74) is 4.90. The van der Waals surface area contributed by atoms with Crippen molar-refractivity contribution >= 4 is 43.4 Å². The van der Waals surface area contributed by atoms with Crippen molar-refractivity contribution in [1.82, 2.24) is 4.98 Å². The minimum atomic E-state index is 1.19. The molecule has 0 radical (unpaired) electrons. The normalized spacial score (nSPS) is 11.7. The molecular formula is C26H17N. The van der Waals surface area contributed by atoms with Gasteiger partial charge in [-0.1, -0.05) is 72.8 Å². The summed E-state index contributed by atoms with van der Waals surface area (Å²) in [7, 11) is 0. The molecule has 1 heterocycles. The molecule has 1 heteroatoms. The molecule has 0 aliphatic rings. The van der Waals surface area contributed by atoms with E-state index in [0.717, 1.165) is 0 Å². The van der Waals surface area contributed by atoms with Crippen LogP contribution in [-0.2, 0) is 0 Å². The zero-order valence-corrected chi connectivity index (χ0v) is 14.7. The van der Waals surface area contributed by atoms with Crippen LogP contribution >= 0.6 is 0 Å². The van der Waals surface area contributed by atoms with Gasteiger partial charge in [-0.15, -0.1) is 0 Å². The maximum absolute atomic E-state index is 3.57. The summed E-state index contributed by atoms with van der Waals surface area (Å²) in [6.07, 6.45) is 0. The van der Waals surface area contributed by atoms with Gasteiger partial charge >= 0.3 is 0 Å². The highest BCUT2D eigenvalue weighted by atomic mass is 14.7. The van der Waals surface area contributed by atoms with Crippen molar-refractivity contribution in [3.63, 3.8) is 0 Å². The maximum atomic E-state index is 3.57. The highest BCUT2D eigenvalue weighted by Crippen LogP contribution is 2.34. The van der Waals surface area contributed by atoms with E-state index in [1.807, 2.05) is 0 Å². The highest BCUT2D eigenvalue weighted by Gasteiger charge is 2.09. The molecule has 0 aliphatic heterocycles. The van der Waals surface area contributed by atoms with Crippen molar-refractivity contribution in [2.24, 2.45) is 0 Å². The molecule has 6 rings (SSSR count). The van der Waals surface area contributed by atoms with E-state index < -0.39 is 0 Å². The molecule has 0 saturated carbocycles. The number of aromatic nitrogens is 1. The van der Waals surface area contributed by atoms with Gasteiger partial charge in [-0.3, -0.25) is 0 Å². The van der Waals surface area contributed by atoms with Crippen LogP contribution in [-0.4, -0.2) is 4.98 Å². The predicted octanol–water partition coefficient (Wildman–Crippen LogP) is 7.29. The summed E-state index contributed by atoms with van der Waals surface area (Å²) in [5, 5.41) is 7.70. The van der Waals surface area contributed by atoms with Crippen molar-refractivity contribution in [3.8, 4) is 11.1 Å². The predicted molar refractivity (Wildman–Crippen MR) is 116 cm³/mol. The molecule has 5 aromatic carbocycles. The highest BCUT2D eigenvalue weighted by molar-refractivity contribution is 6.10. The quantitative estimate of drug-likeness (QED) is 0.302. The first-order chi connectivity index (χ1) is 13.4. The molecule has 0 bridgehead atoms. The monoisotopic (exact) mass is 343 g/mol. The van der Waals surface area contributed by atoms with E-state index in [1.165, 1.54) is 54.5 Å². The second-order valence-electron chi connectivity index (χ2n) is 7.16. The Kier molecular flexibility index (Phi) is 2.95. The fourth-order valence-corrected chi connectivity index (χ4v) is 4.24. The number of aromatic amines is 1. The summed E-state index contributed by atoms with van der Waals surface area (Å²) >= 11 is 0. The van der Waals surface area contributed by atoms with Crippen molar-refractivity contribution in [2.75, 3.05) is 0 Å². The maximum Gasteiger partial charge on any atom is 0.0471 e. The molecule has 0 fully saturated rings. The van der Waals surface area contributed by atoms with Crippen LogP contribution < -0.4 is 0 Å². The van der Waals surface area contributed by atoms with Gasteiger partial charge in [0.05, 0.1) is 0 Å². The van der Waals surface area contributed by atoms with Gasteiger partial charge in [0.2, 0.25) is 0 Å². The number of fused-ring (bicyclic) bond motifs is 5. The molecule has 1 N–H and O–H groups in total. The van der Waals surface area contributed by atoms with E-state index in [2.05, 4.69) is 102 Å². The molecule has 0 atom stereocenters. The Bertz CT molecular complexity index is 1470. The van der Waals surface area contributed by atoms with E-state index in [9.17, 15) is 0 Å². The lowest BCUT2D eigenvalue weighted by atomic mass is 9.95. The Morgan fingerprint density at radius 2 is 1.19 bits per heavy atom. The molecule has 1 aromatic heterocycles. The largest absolute Gasteiger partial charge is 0.354 e. The second kappa shape index (κ2) is 5.46. The summed E-state index contributed by atoms with van der Waals surface area (Å²) in [6, 6.07) is 35.0. The van der Waals surface area contributed by atoms with Crippen LogP contribution in [0.15, 0.2) is 97.1 Å². The van der Waals surface area contributed by atoms with E-state index in [-0.39, 0.29) is 0 Å². The Balaban J connectivity index is 1.64. The Hall–Kier alpha value is -3.58. The van der Waals surface area contributed by atoms with Gasteiger partial charge in [-0.2, -0.15) is 0 Å². The average molecular weight is 343 g/mol. The summed E-state index contributed by atoms with van der Waals surface area (Å²) in [4.78, 5) is 3.57. The molecule has 126 valence electrons. The van der Waals surface area contributed by atoms with Gasteiger partial charge in [0.1, 0.15) is 0 Å². The van der Waals surface area contributed by atoms with Crippen LogP contribution in [0.1, 0.15) is 0 Å². The zero-order chi connectivity index (χ0) is 17.8. The number of nitrogens with one attached hydrogen (secondary N) is 1. The zero-order valence-electron chi connectivity index (χ0n) is 14.7. The third-order valence-electron chi connectivity index (χ3n) is 5.56. The number of hydrogen-bond acceptors (Lipinski definition) is 0. The molecule has 27 heavy (non-hydrogen) atoms. The minimum absolute atomic E-state index is 1.19. The standard InChI is InChI=1S/C26H17N/c1-2-7-18-15-24-19(14-17(18)6-1)8-5-10-21(24)20-12-13-23-22-9-3-4-11-25(22)27-26(23)16-20/h1-16,27H. The van der Waals surface area contributed by atoms with Crippen molar-refractivity contribution in [3.05, 3.63) is 97.1 Å². The van der Waals surface area contributed by atoms with Gasteiger partial charge in [-0.05, 0) is 56.9 Å². The molecular weight excluding hydrogens is 326 g/mol. The number of para-hydroxylation sites is 1. The average Bonchev–Trinajstić information content (AvgIpc) is 3.09. The fraction of sp³-hybridized carbons (Fsp3) is 0. The minimum Gasteiger partial charge on any atom is -0.354 e. The lowest BCUT2D eigenvalue weighted by molar-refractivity contribution is 1.54. The lowest BCUT2D eigenvalue weighted by Crippen LogP contribution is -1.83. The summed E-state index contributed by atoms with van der Waals surface area (Å²) in [5.74, 6) is 0. The van der Waals surface area contributed by atoms with E-state index in [0.29, 0.717) is 0 Å². The first kappa shape index (κ1) is 14.6. The van der Waals surface area contributed by atoms with E-state index >= 15 is 0 Å². The Morgan fingerprint density at radius 3 is 2.11 bits per heavy atom. The lowest BCUT2D eigenvalue weighted by Gasteiger charge is -2.09. The number of benzene rings is 5. The van der Waals surface area contributed by atoms with E-state index in [4.69, 9.17) is 0 Å². The Morgan fingerprint density at radius 1 is 0.444 bits per heavy atom. The van der Waals surface area contributed by atoms with Gasteiger partial charge in [0.25, 0.3) is 0 Å². The second-order valence-corrected chi connectivity index (χ2v) is 7.16. The SMILES string of the molecule is c1ccc2cc3c(-c4ccc5c(c4)[nH]c4ccccc45)cccc3cc2c1. The van der Waals surface area contributed by atoms with Gasteiger partial charge in [0.15, 0.2) is 0 Å². The van der Waals surface area contributed by atoms with Gasteiger partial charge in [0, 0.05) is 21.8 Å². The van der Waals surface area contributed by atoms with Crippen LogP contribution in [0.3, 0.4) is 0 Å². The molecule has 0 aliphatic carbocycles. The van der Waals surface area contributed by atoms with Crippen LogP contribution in [0.2, 0.25) is 0 Å². The van der Waals surface area contributed by atoms with Crippen molar-refractivity contribution in [2.45, 2.75) is 0 Å². The number of hydrogen-bond donors (Lipinski definition) is 1. The first-order valence-electron chi connectivity index (χ1n) is 9.29. The Labute approximate surface area is 156 Å². The molecule has 6 aromatic rings. The summed E-state index contributed by atoms with van der Waals surface area (Å²) in [6.45, 7) is 0. The number of H-pyrrole nitrogens is 1. The van der Waals surface area contributed by atoms with Crippen molar-refractivity contribution in [1.29, 1.82) is 0 Å². The van der Waals surface area contributed by atoms with Crippen LogP contribution in [0.5, 0.6) is 0 Å². The molecule has 1 nitrogen and oxygen atoms in total. The molecule has 0 amide bonds. The van der Waals surface area contributed by atoms with Crippen LogP contribution in [0, 0.1) is 0 Å². The topological polar surface area (TPSA) is 15.8 Å². The van der Waals surface area contributed by atoms with Crippen LogP contribution in [0.25, 0.3) is 54.5 Å². The van der Waals surface area contributed by atoms with Gasteiger partial charge < -0.3 is 4.98 Å². The molecule has 0 unspecified atom stereocenters. The summed E-state index contributed by atoms with van der Waals surface area (Å²) < 4.78 is 0. The first-order valence-corrected chi connectivity index (χ1v) is 9.29. The van der Waals surface area contributed by atoms with Gasteiger partial charge in [-0.25, -0.2) is 0 Å². The third-order valence-corrected chi connectivity index (χ3v) is 5.56. The smallest absolute Gasteiger partial charge is 0.0471 e. The third kappa shape index (κ3) is 2.18.